The summed E-state index contributed by atoms with van der Waals surface area (Å²) in [5, 5.41) is 2.95. The van der Waals surface area contributed by atoms with E-state index in [0.29, 0.717) is 24.7 Å². The number of morpholine rings is 1. The molecule has 3 aliphatic heterocycles. The summed E-state index contributed by atoms with van der Waals surface area (Å²) < 4.78 is 33.0. The molecule has 34 heavy (non-hydrogen) atoms. The average molecular weight is 493 g/mol. The van der Waals surface area contributed by atoms with E-state index in [9.17, 15) is 13.2 Å². The second kappa shape index (κ2) is 11.9. The molecule has 0 spiro atoms. The maximum atomic E-state index is 13.0. The van der Waals surface area contributed by atoms with Gasteiger partial charge >= 0.3 is 0 Å². The van der Waals surface area contributed by atoms with Crippen LogP contribution in [0.2, 0.25) is 0 Å². The van der Waals surface area contributed by atoms with Crippen molar-refractivity contribution in [2.75, 3.05) is 64.3 Å². The van der Waals surface area contributed by atoms with Crippen molar-refractivity contribution in [2.24, 2.45) is 5.92 Å². The minimum atomic E-state index is -3.52. The number of rotatable bonds is 8. The van der Waals surface area contributed by atoms with Crippen LogP contribution in [0.15, 0.2) is 29.2 Å². The molecule has 0 saturated carbocycles. The third-order valence-electron chi connectivity index (χ3n) is 7.59. The minimum absolute atomic E-state index is 0.0840. The molecule has 3 aliphatic rings. The van der Waals surface area contributed by atoms with Crippen molar-refractivity contribution < 1.29 is 17.9 Å². The average Bonchev–Trinajstić information content (AvgIpc) is 2.88. The molecule has 0 bridgehead atoms. The molecule has 3 saturated heterocycles. The van der Waals surface area contributed by atoms with E-state index in [0.717, 1.165) is 78.0 Å². The lowest BCUT2D eigenvalue weighted by atomic mass is 9.92. The molecule has 9 heteroatoms. The van der Waals surface area contributed by atoms with Gasteiger partial charge in [0.05, 0.1) is 24.2 Å². The van der Waals surface area contributed by atoms with Gasteiger partial charge in [0.1, 0.15) is 0 Å². The van der Waals surface area contributed by atoms with Gasteiger partial charge in [-0.25, -0.2) is 8.42 Å². The van der Waals surface area contributed by atoms with Gasteiger partial charge in [-0.2, -0.15) is 4.31 Å². The van der Waals surface area contributed by atoms with Crippen LogP contribution in [0.5, 0.6) is 0 Å². The third kappa shape index (κ3) is 6.57. The highest BCUT2D eigenvalue weighted by Gasteiger charge is 2.28. The van der Waals surface area contributed by atoms with E-state index in [1.165, 1.54) is 6.42 Å². The lowest BCUT2D eigenvalue weighted by Gasteiger charge is -2.36. The number of likely N-dealkylation sites (tertiary alicyclic amines) is 1. The second-order valence-corrected chi connectivity index (χ2v) is 11.8. The van der Waals surface area contributed by atoms with Crippen LogP contribution in [-0.2, 0) is 19.6 Å². The summed E-state index contributed by atoms with van der Waals surface area (Å²) in [4.78, 5) is 17.9. The van der Waals surface area contributed by atoms with Gasteiger partial charge in [-0.15, -0.1) is 0 Å². The van der Waals surface area contributed by atoms with Crippen LogP contribution in [0.25, 0.3) is 0 Å². The fraction of sp³-hybridized carbons (Fsp3) is 0.720. The van der Waals surface area contributed by atoms with Crippen molar-refractivity contribution in [1.82, 2.24) is 14.1 Å². The topological polar surface area (TPSA) is 82.2 Å². The fourth-order valence-electron chi connectivity index (χ4n) is 5.22. The predicted molar refractivity (Wildman–Crippen MR) is 133 cm³/mol. The highest BCUT2D eigenvalue weighted by Crippen LogP contribution is 2.25. The monoisotopic (exact) mass is 492 g/mol. The Bertz CT molecular complexity index is 905. The van der Waals surface area contributed by atoms with Crippen LogP contribution in [0.1, 0.15) is 45.4 Å². The molecule has 1 N–H and O–H groups in total. The molecule has 1 atom stereocenters. The van der Waals surface area contributed by atoms with Crippen LogP contribution in [0.4, 0.5) is 5.69 Å². The van der Waals surface area contributed by atoms with Gasteiger partial charge in [-0.05, 0) is 82.8 Å². The number of carbonyl (C=O) groups excluding carboxylic acids is 1. The fourth-order valence-corrected chi connectivity index (χ4v) is 6.78. The number of ether oxygens (including phenoxy) is 1. The van der Waals surface area contributed by atoms with E-state index >= 15 is 0 Å². The number of benzene rings is 1. The SMILES string of the molecule is CC(C(=O)Nc1cccc(S(=O)(=O)N2CCCCC2)c1)N1CCC(CCN2CCOCC2)CC1. The maximum Gasteiger partial charge on any atom is 0.243 e. The largest absolute Gasteiger partial charge is 0.379 e. The normalized spacial score (nSPS) is 23.0. The Hall–Kier alpha value is -1.52. The molecule has 1 aromatic rings. The Labute approximate surface area is 204 Å². The van der Waals surface area contributed by atoms with E-state index in [1.54, 1.807) is 28.6 Å². The van der Waals surface area contributed by atoms with E-state index < -0.39 is 10.0 Å². The minimum Gasteiger partial charge on any atom is -0.379 e. The molecule has 190 valence electrons. The summed E-state index contributed by atoms with van der Waals surface area (Å²) >= 11 is 0. The summed E-state index contributed by atoms with van der Waals surface area (Å²) in [6, 6.07) is 6.42. The number of nitrogens with zero attached hydrogens (tertiary/aromatic N) is 3. The number of amides is 1. The van der Waals surface area contributed by atoms with Crippen molar-refractivity contribution >= 4 is 21.6 Å². The molecular weight excluding hydrogens is 452 g/mol. The highest BCUT2D eigenvalue weighted by molar-refractivity contribution is 7.89. The van der Waals surface area contributed by atoms with E-state index in [1.807, 2.05) is 6.92 Å². The molecule has 3 fully saturated rings. The molecule has 4 rings (SSSR count). The first-order valence-electron chi connectivity index (χ1n) is 12.9. The van der Waals surface area contributed by atoms with Crippen LogP contribution in [0.3, 0.4) is 0 Å². The standard InChI is InChI=1S/C25H40N4O4S/c1-21(28-14-9-22(10-15-28)8-13-27-16-18-33-19-17-27)25(30)26-23-6-5-7-24(20-23)34(31,32)29-11-3-2-4-12-29/h5-7,20-22H,2-4,8-19H2,1H3,(H,26,30). The molecule has 0 radical (unpaired) electrons. The zero-order valence-corrected chi connectivity index (χ0v) is 21.3. The van der Waals surface area contributed by atoms with Crippen molar-refractivity contribution in [2.45, 2.75) is 56.4 Å². The molecule has 0 aromatic heterocycles. The Balaban J connectivity index is 1.26. The molecule has 8 nitrogen and oxygen atoms in total. The number of hydrogen-bond donors (Lipinski definition) is 1. The van der Waals surface area contributed by atoms with Gasteiger partial charge in [-0.1, -0.05) is 12.5 Å². The van der Waals surface area contributed by atoms with Crippen LogP contribution >= 0.6 is 0 Å². The van der Waals surface area contributed by atoms with Gasteiger partial charge in [-0.3, -0.25) is 14.6 Å². The number of piperidine rings is 2. The van der Waals surface area contributed by atoms with Crippen molar-refractivity contribution in [3.05, 3.63) is 24.3 Å². The number of hydrogen-bond acceptors (Lipinski definition) is 6. The summed E-state index contributed by atoms with van der Waals surface area (Å²) in [6.45, 7) is 9.83. The van der Waals surface area contributed by atoms with E-state index in [4.69, 9.17) is 4.74 Å². The molecule has 1 aromatic carbocycles. The van der Waals surface area contributed by atoms with E-state index in [2.05, 4.69) is 15.1 Å². The smallest absolute Gasteiger partial charge is 0.243 e. The first-order chi connectivity index (χ1) is 16.4. The number of nitrogens with one attached hydrogen (secondary N) is 1. The van der Waals surface area contributed by atoms with Crippen molar-refractivity contribution in [3.8, 4) is 0 Å². The van der Waals surface area contributed by atoms with E-state index in [-0.39, 0.29) is 16.8 Å². The zero-order valence-electron chi connectivity index (χ0n) is 20.5. The summed E-state index contributed by atoms with van der Waals surface area (Å²) in [5.74, 6) is 0.630. The van der Waals surface area contributed by atoms with Gasteiger partial charge < -0.3 is 10.1 Å². The Morgan fingerprint density at radius 2 is 1.76 bits per heavy atom. The Morgan fingerprint density at radius 1 is 1.06 bits per heavy atom. The van der Waals surface area contributed by atoms with Gasteiger partial charge in [0, 0.05) is 31.9 Å². The first-order valence-corrected chi connectivity index (χ1v) is 14.3. The Kier molecular flexibility index (Phi) is 8.98. The highest BCUT2D eigenvalue weighted by atomic mass is 32.2. The molecular formula is C25H40N4O4S. The van der Waals surface area contributed by atoms with Crippen LogP contribution in [-0.4, -0.2) is 93.5 Å². The zero-order chi connectivity index (χ0) is 24.0. The summed E-state index contributed by atoms with van der Waals surface area (Å²) in [6.07, 6.45) is 6.32. The summed E-state index contributed by atoms with van der Waals surface area (Å²) in [7, 11) is -3.52. The molecule has 3 heterocycles. The molecule has 0 aliphatic carbocycles. The maximum absolute atomic E-state index is 13.0. The summed E-state index contributed by atoms with van der Waals surface area (Å²) in [5.41, 5.74) is 0.537. The quantitative estimate of drug-likeness (QED) is 0.601. The number of sulfonamides is 1. The first kappa shape index (κ1) is 25.6. The van der Waals surface area contributed by atoms with Crippen molar-refractivity contribution in [1.29, 1.82) is 0 Å². The lowest BCUT2D eigenvalue weighted by Crippen LogP contribution is -2.46. The third-order valence-corrected chi connectivity index (χ3v) is 9.48. The lowest BCUT2D eigenvalue weighted by molar-refractivity contribution is -0.121. The molecule has 1 amide bonds. The van der Waals surface area contributed by atoms with Gasteiger partial charge in [0.15, 0.2) is 0 Å². The van der Waals surface area contributed by atoms with Crippen LogP contribution < -0.4 is 5.32 Å². The molecule has 1 unspecified atom stereocenters. The van der Waals surface area contributed by atoms with Crippen molar-refractivity contribution in [3.63, 3.8) is 0 Å². The predicted octanol–water partition coefficient (Wildman–Crippen LogP) is 2.62. The Morgan fingerprint density at radius 3 is 2.47 bits per heavy atom. The number of anilines is 1. The van der Waals surface area contributed by atoms with Gasteiger partial charge in [0.25, 0.3) is 0 Å². The van der Waals surface area contributed by atoms with Crippen LogP contribution in [0, 0.1) is 5.92 Å². The van der Waals surface area contributed by atoms with Gasteiger partial charge in [0.2, 0.25) is 15.9 Å². The number of carbonyl (C=O) groups is 1. The second-order valence-electron chi connectivity index (χ2n) is 9.88.